The van der Waals surface area contributed by atoms with Crippen molar-refractivity contribution in [2.45, 2.75) is 6.92 Å². The Bertz CT molecular complexity index is 693. The van der Waals surface area contributed by atoms with Gasteiger partial charge in [0.1, 0.15) is 6.33 Å². The Labute approximate surface area is 97.9 Å². The van der Waals surface area contributed by atoms with Crippen LogP contribution in [0.2, 0.25) is 0 Å². The van der Waals surface area contributed by atoms with Crippen LogP contribution in [0.15, 0.2) is 42.9 Å². The van der Waals surface area contributed by atoms with Crippen molar-refractivity contribution >= 4 is 16.8 Å². The minimum absolute atomic E-state index is 0.0284. The van der Waals surface area contributed by atoms with Crippen LogP contribution in [0.5, 0.6) is 0 Å². The van der Waals surface area contributed by atoms with E-state index in [9.17, 15) is 4.79 Å². The maximum absolute atomic E-state index is 11.2. The lowest BCUT2D eigenvalue weighted by atomic mass is 10.3. The highest BCUT2D eigenvalue weighted by Gasteiger charge is 2.07. The number of hydrogen-bond donors (Lipinski definition) is 1. The van der Waals surface area contributed by atoms with Gasteiger partial charge < -0.3 is 4.98 Å². The number of H-pyrrole nitrogens is 1. The molecule has 17 heavy (non-hydrogen) atoms. The van der Waals surface area contributed by atoms with Crippen molar-refractivity contribution in [3.05, 3.63) is 48.5 Å². The highest BCUT2D eigenvalue weighted by Crippen LogP contribution is 2.18. The highest BCUT2D eigenvalue weighted by atomic mass is 16.1. The van der Waals surface area contributed by atoms with Gasteiger partial charge in [0.25, 0.3) is 0 Å². The Hall–Kier alpha value is -2.36. The number of hydrogen-bond acceptors (Lipinski definition) is 2. The summed E-state index contributed by atoms with van der Waals surface area (Å²) in [6.45, 7) is 1.54. The summed E-state index contributed by atoms with van der Waals surface area (Å²) in [5, 5.41) is 0. The number of nitrogens with one attached hydrogen (secondary N) is 1. The fourth-order valence-electron chi connectivity index (χ4n) is 1.89. The molecule has 1 aromatic carbocycles. The second-order valence-electron chi connectivity index (χ2n) is 3.93. The molecule has 1 N–H and O–H groups in total. The van der Waals surface area contributed by atoms with Crippen LogP contribution in [0.3, 0.4) is 0 Å². The molecule has 0 fully saturated rings. The lowest BCUT2D eigenvalue weighted by molar-refractivity contribution is 0.101. The molecule has 0 saturated heterocycles. The molecule has 2 aromatic heterocycles. The maximum atomic E-state index is 11.2. The summed E-state index contributed by atoms with van der Waals surface area (Å²) in [6, 6.07) is 9.72. The van der Waals surface area contributed by atoms with E-state index in [1.807, 2.05) is 41.1 Å². The van der Waals surface area contributed by atoms with Gasteiger partial charge in [-0.05, 0) is 18.2 Å². The predicted octanol–water partition coefficient (Wildman–Crippen LogP) is 2.56. The summed E-state index contributed by atoms with van der Waals surface area (Å²) < 4.78 is 1.96. The summed E-state index contributed by atoms with van der Waals surface area (Å²) in [5.41, 5.74) is 3.50. The molecule has 4 nitrogen and oxygen atoms in total. The zero-order valence-corrected chi connectivity index (χ0v) is 9.34. The van der Waals surface area contributed by atoms with Gasteiger partial charge in [-0.15, -0.1) is 0 Å². The third-order valence-electron chi connectivity index (χ3n) is 2.78. The smallest absolute Gasteiger partial charge is 0.176 e. The molecule has 0 aliphatic heterocycles. The molecule has 84 valence electrons. The van der Waals surface area contributed by atoms with Crippen molar-refractivity contribution in [3.8, 4) is 5.69 Å². The van der Waals surface area contributed by atoms with Gasteiger partial charge in [0.15, 0.2) is 5.78 Å². The van der Waals surface area contributed by atoms with Crippen LogP contribution in [0.4, 0.5) is 0 Å². The molecule has 0 bridgehead atoms. The maximum Gasteiger partial charge on any atom is 0.176 e. The Kier molecular flexibility index (Phi) is 2.08. The summed E-state index contributed by atoms with van der Waals surface area (Å²) in [7, 11) is 0. The van der Waals surface area contributed by atoms with E-state index in [4.69, 9.17) is 0 Å². The average Bonchev–Trinajstić information content (AvgIpc) is 2.95. The molecular formula is C13H11N3O. The van der Waals surface area contributed by atoms with E-state index in [2.05, 4.69) is 9.97 Å². The number of ketones is 1. The summed E-state index contributed by atoms with van der Waals surface area (Å²) >= 11 is 0. The van der Waals surface area contributed by atoms with Crippen LogP contribution in [0.25, 0.3) is 16.7 Å². The Balaban J connectivity index is 2.17. The SMILES string of the molecule is CC(=O)c1cc(-n2cnc3ccccc32)c[nH]1. The Morgan fingerprint density at radius 3 is 2.94 bits per heavy atom. The number of nitrogens with zero attached hydrogens (tertiary/aromatic N) is 2. The van der Waals surface area contributed by atoms with E-state index >= 15 is 0 Å². The van der Waals surface area contributed by atoms with E-state index in [-0.39, 0.29) is 5.78 Å². The Morgan fingerprint density at radius 1 is 1.35 bits per heavy atom. The first-order valence-corrected chi connectivity index (χ1v) is 5.37. The molecule has 4 heteroatoms. The van der Waals surface area contributed by atoms with Crippen molar-refractivity contribution in [3.63, 3.8) is 0 Å². The predicted molar refractivity (Wildman–Crippen MR) is 65.4 cm³/mol. The van der Waals surface area contributed by atoms with E-state index in [0.717, 1.165) is 16.7 Å². The fraction of sp³-hybridized carbons (Fsp3) is 0.0769. The van der Waals surface area contributed by atoms with Gasteiger partial charge in [0.05, 0.1) is 22.4 Å². The average molecular weight is 225 g/mol. The second-order valence-corrected chi connectivity index (χ2v) is 3.93. The van der Waals surface area contributed by atoms with Crippen molar-refractivity contribution in [2.75, 3.05) is 0 Å². The minimum atomic E-state index is 0.0284. The first kappa shape index (κ1) is 9.84. The van der Waals surface area contributed by atoms with Gasteiger partial charge in [0.2, 0.25) is 0 Å². The van der Waals surface area contributed by atoms with Crippen LogP contribution in [0, 0.1) is 0 Å². The van der Waals surface area contributed by atoms with Crippen LogP contribution in [-0.4, -0.2) is 20.3 Å². The molecule has 3 aromatic rings. The summed E-state index contributed by atoms with van der Waals surface area (Å²) in [5.74, 6) is 0.0284. The molecule has 0 saturated carbocycles. The third-order valence-corrected chi connectivity index (χ3v) is 2.78. The van der Waals surface area contributed by atoms with Gasteiger partial charge in [-0.3, -0.25) is 9.36 Å². The number of para-hydroxylation sites is 2. The van der Waals surface area contributed by atoms with Gasteiger partial charge in [-0.25, -0.2) is 4.98 Å². The van der Waals surface area contributed by atoms with Gasteiger partial charge >= 0.3 is 0 Å². The quantitative estimate of drug-likeness (QED) is 0.681. The van der Waals surface area contributed by atoms with Crippen LogP contribution >= 0.6 is 0 Å². The normalized spacial score (nSPS) is 10.9. The molecule has 0 amide bonds. The number of benzene rings is 1. The number of Topliss-reactive ketones (excluding diaryl/α,β-unsaturated/α-hetero) is 1. The van der Waals surface area contributed by atoms with Gasteiger partial charge in [0, 0.05) is 13.1 Å². The summed E-state index contributed by atoms with van der Waals surface area (Å²) in [6.07, 6.45) is 3.57. The molecular weight excluding hydrogens is 214 g/mol. The molecule has 0 atom stereocenters. The number of fused-ring (bicyclic) bond motifs is 1. The largest absolute Gasteiger partial charge is 0.357 e. The van der Waals surface area contributed by atoms with Gasteiger partial charge in [-0.1, -0.05) is 12.1 Å². The molecule has 0 aliphatic carbocycles. The number of aromatic nitrogens is 3. The third kappa shape index (κ3) is 1.54. The van der Waals surface area contributed by atoms with Crippen molar-refractivity contribution in [1.29, 1.82) is 0 Å². The van der Waals surface area contributed by atoms with Crippen LogP contribution in [0.1, 0.15) is 17.4 Å². The van der Waals surface area contributed by atoms with Crippen LogP contribution in [-0.2, 0) is 0 Å². The van der Waals surface area contributed by atoms with Crippen molar-refractivity contribution in [2.24, 2.45) is 0 Å². The van der Waals surface area contributed by atoms with Crippen molar-refractivity contribution in [1.82, 2.24) is 14.5 Å². The lowest BCUT2D eigenvalue weighted by Gasteiger charge is -1.98. The molecule has 3 rings (SSSR count). The van der Waals surface area contributed by atoms with E-state index in [0.29, 0.717) is 5.69 Å². The second kappa shape index (κ2) is 3.59. The number of aromatic amines is 1. The first-order chi connectivity index (χ1) is 8.25. The Morgan fingerprint density at radius 2 is 2.18 bits per heavy atom. The lowest BCUT2D eigenvalue weighted by Crippen LogP contribution is -1.91. The summed E-state index contributed by atoms with van der Waals surface area (Å²) in [4.78, 5) is 18.5. The number of rotatable bonds is 2. The minimum Gasteiger partial charge on any atom is -0.357 e. The van der Waals surface area contributed by atoms with Crippen LogP contribution < -0.4 is 0 Å². The topological polar surface area (TPSA) is 50.7 Å². The number of imidazole rings is 1. The molecule has 0 aliphatic rings. The molecule has 0 unspecified atom stereocenters. The zero-order chi connectivity index (χ0) is 11.8. The van der Waals surface area contributed by atoms with E-state index in [1.165, 1.54) is 0 Å². The van der Waals surface area contributed by atoms with Gasteiger partial charge in [-0.2, -0.15) is 0 Å². The molecule has 0 radical (unpaired) electrons. The van der Waals surface area contributed by atoms with Crippen molar-refractivity contribution < 1.29 is 4.79 Å². The van der Waals surface area contributed by atoms with E-state index < -0.39 is 0 Å². The van der Waals surface area contributed by atoms with E-state index in [1.54, 1.807) is 13.3 Å². The molecule has 0 spiro atoms. The number of carbonyl (C=O) groups excluding carboxylic acids is 1. The standard InChI is InChI=1S/C13H11N3O/c1-9(17)12-6-10(7-14-12)16-8-15-11-4-2-3-5-13(11)16/h2-8,14H,1H3. The fourth-order valence-corrected chi connectivity index (χ4v) is 1.89. The highest BCUT2D eigenvalue weighted by molar-refractivity contribution is 5.93. The number of carbonyl (C=O) groups is 1. The first-order valence-electron chi connectivity index (χ1n) is 5.37. The monoisotopic (exact) mass is 225 g/mol. The zero-order valence-electron chi connectivity index (χ0n) is 9.34. The molecule has 2 heterocycles.